The summed E-state index contributed by atoms with van der Waals surface area (Å²) >= 11 is 0. The van der Waals surface area contributed by atoms with Gasteiger partial charge in [0.25, 0.3) is 0 Å². The Kier molecular flexibility index (Phi) is 3.20. The predicted octanol–water partition coefficient (Wildman–Crippen LogP) is 0.844. The standard InChI is InChI=1S/C12H17N5O2/c1-18-11-9-6-14-17(10(9)15-12(13)16-11)4-2-8-3-5-19-7-8/h6,8H,2-5,7H2,1H3,(H2,13,15,16). The molecule has 2 N–H and O–H groups in total. The van der Waals surface area contributed by atoms with Crippen LogP contribution in [0.2, 0.25) is 0 Å². The van der Waals surface area contributed by atoms with Crippen LogP contribution < -0.4 is 10.5 Å². The Balaban J connectivity index is 1.85. The number of aryl methyl sites for hydroxylation is 1. The number of nitrogens with two attached hydrogens (primary N) is 1. The van der Waals surface area contributed by atoms with Crippen molar-refractivity contribution in [3.05, 3.63) is 6.20 Å². The van der Waals surface area contributed by atoms with Crippen molar-refractivity contribution >= 4 is 17.0 Å². The fraction of sp³-hybridized carbons (Fsp3) is 0.583. The number of anilines is 1. The average molecular weight is 263 g/mol. The molecule has 1 aliphatic rings. The van der Waals surface area contributed by atoms with E-state index in [0.29, 0.717) is 11.8 Å². The lowest BCUT2D eigenvalue weighted by Gasteiger charge is -2.08. The zero-order valence-corrected chi connectivity index (χ0v) is 10.9. The second-order valence-corrected chi connectivity index (χ2v) is 4.71. The predicted molar refractivity (Wildman–Crippen MR) is 69.8 cm³/mol. The quantitative estimate of drug-likeness (QED) is 0.879. The summed E-state index contributed by atoms with van der Waals surface area (Å²) in [5.74, 6) is 1.29. The number of hydrogen-bond donors (Lipinski definition) is 1. The van der Waals surface area contributed by atoms with Crippen LogP contribution in [0.15, 0.2) is 6.20 Å². The molecule has 1 saturated heterocycles. The molecule has 0 radical (unpaired) electrons. The molecule has 0 amide bonds. The van der Waals surface area contributed by atoms with Crippen LogP contribution in [-0.4, -0.2) is 40.1 Å². The Morgan fingerprint density at radius 1 is 1.53 bits per heavy atom. The van der Waals surface area contributed by atoms with Crippen molar-refractivity contribution in [1.29, 1.82) is 0 Å². The first kappa shape index (κ1) is 12.2. The number of hydrogen-bond acceptors (Lipinski definition) is 6. The number of aromatic nitrogens is 4. The third kappa shape index (κ3) is 2.33. The van der Waals surface area contributed by atoms with E-state index < -0.39 is 0 Å². The van der Waals surface area contributed by atoms with Crippen LogP contribution in [0, 0.1) is 5.92 Å². The van der Waals surface area contributed by atoms with Gasteiger partial charge >= 0.3 is 0 Å². The van der Waals surface area contributed by atoms with Crippen LogP contribution in [0.25, 0.3) is 11.0 Å². The molecule has 7 heteroatoms. The van der Waals surface area contributed by atoms with E-state index in [0.717, 1.165) is 43.6 Å². The monoisotopic (exact) mass is 263 g/mol. The van der Waals surface area contributed by atoms with Crippen LogP contribution >= 0.6 is 0 Å². The number of nitrogen functional groups attached to an aromatic ring is 1. The van der Waals surface area contributed by atoms with Crippen molar-refractivity contribution in [2.24, 2.45) is 5.92 Å². The Morgan fingerprint density at radius 2 is 2.42 bits per heavy atom. The Labute approximate surface area is 110 Å². The second-order valence-electron chi connectivity index (χ2n) is 4.71. The van der Waals surface area contributed by atoms with Gasteiger partial charge in [0, 0.05) is 19.8 Å². The maximum atomic E-state index is 5.68. The van der Waals surface area contributed by atoms with E-state index in [1.54, 1.807) is 13.3 Å². The van der Waals surface area contributed by atoms with Gasteiger partial charge in [-0.05, 0) is 18.8 Å². The molecule has 1 fully saturated rings. The van der Waals surface area contributed by atoms with Gasteiger partial charge in [0.1, 0.15) is 5.39 Å². The topological polar surface area (TPSA) is 88.1 Å². The molecule has 102 valence electrons. The SMILES string of the molecule is COc1nc(N)nc2c1cnn2CCC1CCOC1. The molecule has 2 aromatic rings. The highest BCUT2D eigenvalue weighted by molar-refractivity contribution is 5.81. The summed E-state index contributed by atoms with van der Waals surface area (Å²) in [6, 6.07) is 0. The Hall–Kier alpha value is -1.89. The highest BCUT2D eigenvalue weighted by atomic mass is 16.5. The van der Waals surface area contributed by atoms with E-state index in [1.165, 1.54) is 0 Å². The summed E-state index contributed by atoms with van der Waals surface area (Å²) in [6.07, 6.45) is 3.88. The molecule has 7 nitrogen and oxygen atoms in total. The maximum absolute atomic E-state index is 5.68. The molecule has 1 atom stereocenters. The molecule has 19 heavy (non-hydrogen) atoms. The van der Waals surface area contributed by atoms with E-state index in [2.05, 4.69) is 15.1 Å². The smallest absolute Gasteiger partial charge is 0.229 e. The number of rotatable bonds is 4. The molecule has 0 spiro atoms. The van der Waals surface area contributed by atoms with Gasteiger partial charge in [-0.3, -0.25) is 0 Å². The third-order valence-electron chi connectivity index (χ3n) is 3.45. The lowest BCUT2D eigenvalue weighted by atomic mass is 10.1. The molecule has 3 heterocycles. The number of methoxy groups -OCH3 is 1. The molecule has 1 aliphatic heterocycles. The molecule has 3 rings (SSSR count). The highest BCUT2D eigenvalue weighted by Gasteiger charge is 2.17. The van der Waals surface area contributed by atoms with Gasteiger partial charge in [0.05, 0.1) is 13.3 Å². The lowest BCUT2D eigenvalue weighted by molar-refractivity contribution is 0.183. The second kappa shape index (κ2) is 5.00. The van der Waals surface area contributed by atoms with E-state index in [1.807, 2.05) is 4.68 Å². The average Bonchev–Trinajstić information content (AvgIpc) is 3.04. The van der Waals surface area contributed by atoms with Crippen molar-refractivity contribution < 1.29 is 9.47 Å². The van der Waals surface area contributed by atoms with Crippen LogP contribution in [0.1, 0.15) is 12.8 Å². The first-order valence-corrected chi connectivity index (χ1v) is 6.38. The van der Waals surface area contributed by atoms with Crippen LogP contribution in [0.3, 0.4) is 0 Å². The van der Waals surface area contributed by atoms with E-state index in [-0.39, 0.29) is 5.95 Å². The van der Waals surface area contributed by atoms with Gasteiger partial charge in [-0.25, -0.2) is 4.68 Å². The lowest BCUT2D eigenvalue weighted by Crippen LogP contribution is -2.08. The molecule has 0 aromatic carbocycles. The minimum atomic E-state index is 0.204. The fourth-order valence-electron chi connectivity index (χ4n) is 2.38. The molecule has 0 bridgehead atoms. The van der Waals surface area contributed by atoms with Crippen molar-refractivity contribution in [3.8, 4) is 5.88 Å². The summed E-state index contributed by atoms with van der Waals surface area (Å²) in [5.41, 5.74) is 6.41. The number of nitrogens with zero attached hydrogens (tertiary/aromatic N) is 4. The largest absolute Gasteiger partial charge is 0.480 e. The van der Waals surface area contributed by atoms with E-state index >= 15 is 0 Å². The minimum Gasteiger partial charge on any atom is -0.480 e. The van der Waals surface area contributed by atoms with Crippen molar-refractivity contribution in [3.63, 3.8) is 0 Å². The van der Waals surface area contributed by atoms with Crippen molar-refractivity contribution in [2.75, 3.05) is 26.1 Å². The number of ether oxygens (including phenoxy) is 2. The summed E-state index contributed by atoms with van der Waals surface area (Å²) in [6.45, 7) is 2.52. The third-order valence-corrected chi connectivity index (χ3v) is 3.45. The van der Waals surface area contributed by atoms with Crippen molar-refractivity contribution in [1.82, 2.24) is 19.7 Å². The van der Waals surface area contributed by atoms with E-state index in [9.17, 15) is 0 Å². The van der Waals surface area contributed by atoms with Gasteiger partial charge in [-0.2, -0.15) is 15.1 Å². The Morgan fingerprint density at radius 3 is 3.16 bits per heavy atom. The fourth-order valence-corrected chi connectivity index (χ4v) is 2.38. The maximum Gasteiger partial charge on any atom is 0.229 e. The zero-order valence-electron chi connectivity index (χ0n) is 10.9. The molecular formula is C12H17N5O2. The van der Waals surface area contributed by atoms with Gasteiger partial charge in [0.2, 0.25) is 11.8 Å². The normalized spacial score (nSPS) is 19.1. The minimum absolute atomic E-state index is 0.204. The Bertz CT molecular complexity index is 577. The van der Waals surface area contributed by atoms with Crippen molar-refractivity contribution in [2.45, 2.75) is 19.4 Å². The first-order chi connectivity index (χ1) is 9.28. The number of fused-ring (bicyclic) bond motifs is 1. The van der Waals surface area contributed by atoms with Gasteiger partial charge in [-0.15, -0.1) is 0 Å². The van der Waals surface area contributed by atoms with Gasteiger partial charge < -0.3 is 15.2 Å². The molecule has 2 aromatic heterocycles. The molecule has 0 saturated carbocycles. The van der Waals surface area contributed by atoms with Gasteiger partial charge in [0.15, 0.2) is 5.65 Å². The molecular weight excluding hydrogens is 246 g/mol. The summed E-state index contributed by atoms with van der Waals surface area (Å²) in [4.78, 5) is 8.29. The van der Waals surface area contributed by atoms with Gasteiger partial charge in [-0.1, -0.05) is 0 Å². The van der Waals surface area contributed by atoms with Crippen LogP contribution in [0.4, 0.5) is 5.95 Å². The van der Waals surface area contributed by atoms with Crippen LogP contribution in [-0.2, 0) is 11.3 Å². The van der Waals surface area contributed by atoms with E-state index in [4.69, 9.17) is 15.2 Å². The van der Waals surface area contributed by atoms with Crippen LogP contribution in [0.5, 0.6) is 5.88 Å². The summed E-state index contributed by atoms with van der Waals surface area (Å²) in [7, 11) is 1.56. The first-order valence-electron chi connectivity index (χ1n) is 6.38. The highest BCUT2D eigenvalue weighted by Crippen LogP contribution is 2.24. The zero-order chi connectivity index (χ0) is 13.2. The molecule has 0 aliphatic carbocycles. The summed E-state index contributed by atoms with van der Waals surface area (Å²) < 4.78 is 12.4. The molecule has 1 unspecified atom stereocenters. The summed E-state index contributed by atoms with van der Waals surface area (Å²) in [5, 5.41) is 5.13.